The van der Waals surface area contributed by atoms with E-state index in [9.17, 15) is 9.90 Å². The van der Waals surface area contributed by atoms with Crippen LogP contribution in [0.2, 0.25) is 5.02 Å². The Morgan fingerprint density at radius 1 is 1.60 bits per heavy atom. The summed E-state index contributed by atoms with van der Waals surface area (Å²) in [5.41, 5.74) is 0.220. The van der Waals surface area contributed by atoms with Crippen LogP contribution in [0.25, 0.3) is 0 Å². The smallest absolute Gasteiger partial charge is 0.255 e. The van der Waals surface area contributed by atoms with Crippen LogP contribution in [0.3, 0.4) is 0 Å². The van der Waals surface area contributed by atoms with Crippen molar-refractivity contribution >= 4 is 17.5 Å². The van der Waals surface area contributed by atoms with Crippen LogP contribution in [0, 0.1) is 0 Å². The Morgan fingerprint density at radius 3 is 3.10 bits per heavy atom. The van der Waals surface area contributed by atoms with Gasteiger partial charge in [-0.3, -0.25) is 9.69 Å². The molecule has 0 spiro atoms. The predicted octanol–water partition coefficient (Wildman–Crippen LogP) is 1.50. The molecule has 5 nitrogen and oxygen atoms in total. The molecule has 1 amide bonds. The van der Waals surface area contributed by atoms with E-state index >= 15 is 0 Å². The number of phenols is 1. The van der Waals surface area contributed by atoms with Gasteiger partial charge in [-0.15, -0.1) is 0 Å². The molecule has 20 heavy (non-hydrogen) atoms. The maximum absolute atomic E-state index is 12.0. The highest BCUT2D eigenvalue weighted by Gasteiger charge is 2.20. The van der Waals surface area contributed by atoms with Crippen molar-refractivity contribution in [3.8, 4) is 5.75 Å². The number of nitrogens with zero attached hydrogens (tertiary/aromatic N) is 1. The summed E-state index contributed by atoms with van der Waals surface area (Å²) in [7, 11) is 0. The summed E-state index contributed by atoms with van der Waals surface area (Å²) < 4.78 is 5.61. The first kappa shape index (κ1) is 15.1. The Balaban J connectivity index is 1.88. The summed E-state index contributed by atoms with van der Waals surface area (Å²) in [6, 6.07) is 4.44. The highest BCUT2D eigenvalue weighted by atomic mass is 35.5. The van der Waals surface area contributed by atoms with Gasteiger partial charge in [0.25, 0.3) is 5.91 Å². The minimum atomic E-state index is -0.323. The summed E-state index contributed by atoms with van der Waals surface area (Å²) in [5, 5.41) is 12.9. The summed E-state index contributed by atoms with van der Waals surface area (Å²) in [4.78, 5) is 14.3. The SMILES string of the molecule is CCN1CCOC(CNC(=O)c2ccc(Cl)cc2O)C1. The van der Waals surface area contributed by atoms with Gasteiger partial charge in [-0.1, -0.05) is 18.5 Å². The lowest BCUT2D eigenvalue weighted by molar-refractivity contribution is -0.0246. The van der Waals surface area contributed by atoms with Gasteiger partial charge in [0.15, 0.2) is 0 Å². The average molecular weight is 299 g/mol. The fourth-order valence-corrected chi connectivity index (χ4v) is 2.36. The third-order valence-electron chi connectivity index (χ3n) is 3.36. The lowest BCUT2D eigenvalue weighted by Crippen LogP contribution is -2.47. The number of morpholine rings is 1. The molecule has 1 aromatic carbocycles. The van der Waals surface area contributed by atoms with Crippen molar-refractivity contribution in [1.82, 2.24) is 10.2 Å². The van der Waals surface area contributed by atoms with Crippen LogP contribution in [0.15, 0.2) is 18.2 Å². The Kier molecular flexibility index (Phi) is 5.23. The van der Waals surface area contributed by atoms with Gasteiger partial charge in [-0.05, 0) is 24.7 Å². The fourth-order valence-electron chi connectivity index (χ4n) is 2.19. The van der Waals surface area contributed by atoms with Gasteiger partial charge in [0, 0.05) is 24.7 Å². The molecule has 0 saturated carbocycles. The summed E-state index contributed by atoms with van der Waals surface area (Å²) >= 11 is 5.74. The van der Waals surface area contributed by atoms with E-state index in [0.717, 1.165) is 19.6 Å². The van der Waals surface area contributed by atoms with Gasteiger partial charge in [-0.25, -0.2) is 0 Å². The van der Waals surface area contributed by atoms with E-state index in [0.29, 0.717) is 18.2 Å². The highest BCUT2D eigenvalue weighted by molar-refractivity contribution is 6.30. The van der Waals surface area contributed by atoms with Crippen LogP contribution in [0.5, 0.6) is 5.75 Å². The largest absolute Gasteiger partial charge is 0.507 e. The Bertz CT molecular complexity index is 481. The highest BCUT2D eigenvalue weighted by Crippen LogP contribution is 2.21. The second-order valence-corrected chi connectivity index (χ2v) is 5.19. The molecule has 6 heteroatoms. The van der Waals surface area contributed by atoms with E-state index < -0.39 is 0 Å². The topological polar surface area (TPSA) is 61.8 Å². The molecule has 1 fully saturated rings. The number of carbonyl (C=O) groups is 1. The lowest BCUT2D eigenvalue weighted by atomic mass is 10.2. The molecular formula is C14H19ClN2O3. The molecule has 0 aromatic heterocycles. The number of hydrogen-bond donors (Lipinski definition) is 2. The maximum atomic E-state index is 12.0. The molecule has 1 atom stereocenters. The van der Waals surface area contributed by atoms with Crippen LogP contribution >= 0.6 is 11.6 Å². The van der Waals surface area contributed by atoms with Crippen LogP contribution < -0.4 is 5.32 Å². The molecule has 2 N–H and O–H groups in total. The van der Waals surface area contributed by atoms with Crippen LogP contribution in [-0.2, 0) is 4.74 Å². The van der Waals surface area contributed by atoms with Crippen LogP contribution in [-0.4, -0.2) is 54.8 Å². The number of ether oxygens (including phenoxy) is 1. The molecular weight excluding hydrogens is 280 g/mol. The Morgan fingerprint density at radius 2 is 2.40 bits per heavy atom. The second kappa shape index (κ2) is 6.92. The van der Waals surface area contributed by atoms with E-state index in [1.807, 2.05) is 0 Å². The normalized spacial score (nSPS) is 19.8. The third-order valence-corrected chi connectivity index (χ3v) is 3.60. The lowest BCUT2D eigenvalue weighted by Gasteiger charge is -2.32. The number of benzene rings is 1. The first-order valence-electron chi connectivity index (χ1n) is 6.70. The second-order valence-electron chi connectivity index (χ2n) is 4.76. The zero-order valence-corrected chi connectivity index (χ0v) is 12.2. The van der Waals surface area contributed by atoms with Gasteiger partial charge in [0.2, 0.25) is 0 Å². The molecule has 1 aromatic rings. The van der Waals surface area contributed by atoms with Gasteiger partial charge in [-0.2, -0.15) is 0 Å². The molecule has 0 radical (unpaired) electrons. The number of amides is 1. The maximum Gasteiger partial charge on any atom is 0.255 e. The van der Waals surface area contributed by atoms with Crippen molar-refractivity contribution in [2.75, 3.05) is 32.8 Å². The number of hydrogen-bond acceptors (Lipinski definition) is 4. The van der Waals surface area contributed by atoms with E-state index in [1.54, 1.807) is 6.07 Å². The fraction of sp³-hybridized carbons (Fsp3) is 0.500. The number of carbonyl (C=O) groups excluding carboxylic acids is 1. The number of phenolic OH excluding ortho intramolecular Hbond substituents is 1. The molecule has 1 unspecified atom stereocenters. The predicted molar refractivity (Wildman–Crippen MR) is 77.3 cm³/mol. The molecule has 1 aliphatic rings. The van der Waals surface area contributed by atoms with Crippen LogP contribution in [0.1, 0.15) is 17.3 Å². The molecule has 2 rings (SSSR count). The van der Waals surface area contributed by atoms with Gasteiger partial charge in [0.1, 0.15) is 5.75 Å². The minimum Gasteiger partial charge on any atom is -0.507 e. The number of aromatic hydroxyl groups is 1. The van der Waals surface area contributed by atoms with Crippen molar-refractivity contribution in [3.63, 3.8) is 0 Å². The molecule has 1 aliphatic heterocycles. The van der Waals surface area contributed by atoms with Gasteiger partial charge >= 0.3 is 0 Å². The zero-order chi connectivity index (χ0) is 14.5. The Hall–Kier alpha value is -1.30. The van der Waals surface area contributed by atoms with E-state index in [2.05, 4.69) is 17.1 Å². The van der Waals surface area contributed by atoms with Gasteiger partial charge in [0.05, 0.1) is 18.3 Å². The minimum absolute atomic E-state index is 0.0120. The summed E-state index contributed by atoms with van der Waals surface area (Å²) in [6.45, 7) is 5.93. The molecule has 1 saturated heterocycles. The van der Waals surface area contributed by atoms with Crippen molar-refractivity contribution in [2.24, 2.45) is 0 Å². The van der Waals surface area contributed by atoms with Crippen molar-refractivity contribution in [3.05, 3.63) is 28.8 Å². The summed E-state index contributed by atoms with van der Waals surface area (Å²) in [5.74, 6) is -0.439. The van der Waals surface area contributed by atoms with Crippen molar-refractivity contribution in [2.45, 2.75) is 13.0 Å². The first-order valence-corrected chi connectivity index (χ1v) is 7.08. The van der Waals surface area contributed by atoms with Gasteiger partial charge < -0.3 is 15.2 Å². The van der Waals surface area contributed by atoms with Crippen molar-refractivity contribution in [1.29, 1.82) is 0 Å². The van der Waals surface area contributed by atoms with E-state index in [4.69, 9.17) is 16.3 Å². The molecule has 110 valence electrons. The third kappa shape index (κ3) is 3.85. The molecule has 0 aliphatic carbocycles. The van der Waals surface area contributed by atoms with Crippen LogP contribution in [0.4, 0.5) is 0 Å². The van der Waals surface area contributed by atoms with Crippen molar-refractivity contribution < 1.29 is 14.6 Å². The standard InChI is InChI=1S/C14H19ClN2O3/c1-2-17-5-6-20-11(9-17)8-16-14(19)12-4-3-10(15)7-13(12)18/h3-4,7,11,18H,2,5-6,8-9H2,1H3,(H,16,19). The zero-order valence-electron chi connectivity index (χ0n) is 11.4. The monoisotopic (exact) mass is 298 g/mol. The molecule has 1 heterocycles. The average Bonchev–Trinajstić information content (AvgIpc) is 2.45. The Labute approximate surface area is 123 Å². The summed E-state index contributed by atoms with van der Waals surface area (Å²) in [6.07, 6.45) is -0.0120. The number of rotatable bonds is 4. The quantitative estimate of drug-likeness (QED) is 0.884. The van der Waals surface area contributed by atoms with E-state index in [-0.39, 0.29) is 23.3 Å². The number of nitrogens with one attached hydrogen (secondary N) is 1. The molecule has 0 bridgehead atoms. The number of halogens is 1. The van der Waals surface area contributed by atoms with E-state index in [1.165, 1.54) is 12.1 Å². The first-order chi connectivity index (χ1) is 9.60. The number of likely N-dealkylation sites (N-methyl/N-ethyl adjacent to an activating group) is 1.